The van der Waals surface area contributed by atoms with Crippen molar-refractivity contribution in [1.82, 2.24) is 24.6 Å². The van der Waals surface area contributed by atoms with Gasteiger partial charge in [-0.3, -0.25) is 0 Å². The van der Waals surface area contributed by atoms with Gasteiger partial charge in [-0.25, -0.2) is 24.3 Å². The molecule has 0 amide bonds. The number of benzene rings is 1. The first-order chi connectivity index (χ1) is 15.8. The molecule has 4 rings (SSSR count). The number of nitrogens with two attached hydrogens (primary N) is 1. The van der Waals surface area contributed by atoms with E-state index in [0.717, 1.165) is 22.2 Å². The van der Waals surface area contributed by atoms with Gasteiger partial charge < -0.3 is 15.8 Å². The summed E-state index contributed by atoms with van der Waals surface area (Å²) in [6.07, 6.45) is 3.14. The summed E-state index contributed by atoms with van der Waals surface area (Å²) in [4.78, 5) is 25.0. The first kappa shape index (κ1) is 21.7. The first-order valence-corrected chi connectivity index (χ1v) is 10.2. The molecule has 0 fully saturated rings. The number of methoxy groups -OCH3 is 1. The van der Waals surface area contributed by atoms with E-state index in [1.807, 2.05) is 45.2 Å². The van der Waals surface area contributed by atoms with Crippen molar-refractivity contribution < 1.29 is 9.53 Å². The lowest BCUT2D eigenvalue weighted by atomic mass is 10.0. The van der Waals surface area contributed by atoms with Crippen LogP contribution in [0.15, 0.2) is 36.8 Å². The molecule has 1 atom stereocenters. The fourth-order valence-corrected chi connectivity index (χ4v) is 3.62. The standard InChI is InChI=1S/C23H22N8O2/c1-12-7-15(9-16(8-12)23(32)33-4)18-19-13(2)5-6-31(19)30-21(29-18)14(3)28-22-17(10-24)20(25)26-11-27-22/h5-9,11,14H,1-4H3,(H3,25,26,27,28)/t14-/m0/s1. The van der Waals surface area contributed by atoms with Crippen LogP contribution in [0.1, 0.15) is 45.8 Å². The minimum absolute atomic E-state index is 0.0930. The van der Waals surface area contributed by atoms with E-state index >= 15 is 0 Å². The average molecular weight is 442 g/mol. The fourth-order valence-electron chi connectivity index (χ4n) is 3.62. The molecule has 0 aliphatic rings. The monoisotopic (exact) mass is 442 g/mol. The van der Waals surface area contributed by atoms with Gasteiger partial charge in [0, 0.05) is 11.8 Å². The quantitative estimate of drug-likeness (QED) is 0.445. The molecule has 4 aromatic rings. The number of nitrogens with one attached hydrogen (secondary N) is 1. The van der Waals surface area contributed by atoms with Crippen LogP contribution in [0.2, 0.25) is 0 Å². The maximum absolute atomic E-state index is 12.2. The Kier molecular flexibility index (Phi) is 5.62. The van der Waals surface area contributed by atoms with Gasteiger partial charge in [0.15, 0.2) is 5.82 Å². The van der Waals surface area contributed by atoms with E-state index in [0.29, 0.717) is 22.9 Å². The van der Waals surface area contributed by atoms with Crippen LogP contribution >= 0.6 is 0 Å². The van der Waals surface area contributed by atoms with Gasteiger partial charge in [-0.05, 0) is 56.2 Å². The number of fused-ring (bicyclic) bond motifs is 1. The van der Waals surface area contributed by atoms with Crippen molar-refractivity contribution in [3.05, 3.63) is 64.9 Å². The number of aromatic nitrogens is 5. The smallest absolute Gasteiger partial charge is 0.337 e. The number of carbonyl (C=O) groups excluding carboxylic acids is 1. The number of rotatable bonds is 5. The van der Waals surface area contributed by atoms with Crippen LogP contribution in [-0.4, -0.2) is 37.6 Å². The van der Waals surface area contributed by atoms with Crippen LogP contribution in [0.25, 0.3) is 16.8 Å². The van der Waals surface area contributed by atoms with E-state index in [2.05, 4.69) is 20.4 Å². The van der Waals surface area contributed by atoms with Crippen LogP contribution in [0, 0.1) is 25.2 Å². The van der Waals surface area contributed by atoms with Crippen molar-refractivity contribution >= 4 is 23.1 Å². The van der Waals surface area contributed by atoms with Crippen LogP contribution in [0.4, 0.5) is 11.6 Å². The van der Waals surface area contributed by atoms with Gasteiger partial charge in [0.05, 0.1) is 29.9 Å². The Balaban J connectivity index is 1.84. The van der Waals surface area contributed by atoms with E-state index in [4.69, 9.17) is 15.5 Å². The summed E-state index contributed by atoms with van der Waals surface area (Å²) >= 11 is 0. The van der Waals surface area contributed by atoms with Gasteiger partial charge in [-0.1, -0.05) is 0 Å². The average Bonchev–Trinajstić information content (AvgIpc) is 3.18. The normalized spacial score (nSPS) is 11.7. The van der Waals surface area contributed by atoms with Gasteiger partial charge >= 0.3 is 5.97 Å². The van der Waals surface area contributed by atoms with Gasteiger partial charge in [-0.15, -0.1) is 0 Å². The summed E-state index contributed by atoms with van der Waals surface area (Å²) in [6, 6.07) is 9.04. The zero-order valence-corrected chi connectivity index (χ0v) is 18.6. The van der Waals surface area contributed by atoms with Crippen molar-refractivity contribution in [1.29, 1.82) is 5.26 Å². The lowest BCUT2D eigenvalue weighted by molar-refractivity contribution is 0.0600. The molecule has 166 valence electrons. The number of hydrogen-bond donors (Lipinski definition) is 2. The molecule has 0 bridgehead atoms. The maximum Gasteiger partial charge on any atom is 0.337 e. The molecule has 0 aliphatic heterocycles. The Morgan fingerprint density at radius 3 is 2.79 bits per heavy atom. The third-order valence-electron chi connectivity index (χ3n) is 5.23. The zero-order valence-electron chi connectivity index (χ0n) is 18.6. The Bertz CT molecular complexity index is 1420. The van der Waals surface area contributed by atoms with Crippen molar-refractivity contribution in [3.8, 4) is 17.3 Å². The minimum Gasteiger partial charge on any atom is -0.465 e. The van der Waals surface area contributed by atoms with Crippen LogP contribution in [-0.2, 0) is 4.74 Å². The number of anilines is 2. The lowest BCUT2D eigenvalue weighted by Crippen LogP contribution is -2.16. The van der Waals surface area contributed by atoms with Gasteiger partial charge in [0.25, 0.3) is 0 Å². The molecule has 3 N–H and O–H groups in total. The summed E-state index contributed by atoms with van der Waals surface area (Å²) in [5.41, 5.74) is 10.6. The fraction of sp³-hybridized carbons (Fsp3) is 0.217. The summed E-state index contributed by atoms with van der Waals surface area (Å²) in [6.45, 7) is 5.74. The second-order valence-corrected chi connectivity index (χ2v) is 7.65. The molecule has 33 heavy (non-hydrogen) atoms. The molecule has 10 heteroatoms. The lowest BCUT2D eigenvalue weighted by Gasteiger charge is -2.17. The number of esters is 1. The Labute approximate surface area is 190 Å². The predicted octanol–water partition coefficient (Wildman–Crippen LogP) is 3.22. The topological polar surface area (TPSA) is 144 Å². The van der Waals surface area contributed by atoms with Gasteiger partial charge in [0.2, 0.25) is 0 Å². The predicted molar refractivity (Wildman–Crippen MR) is 122 cm³/mol. The van der Waals surface area contributed by atoms with Crippen LogP contribution < -0.4 is 11.1 Å². The molecule has 10 nitrogen and oxygen atoms in total. The second-order valence-electron chi connectivity index (χ2n) is 7.65. The minimum atomic E-state index is -0.419. The highest BCUT2D eigenvalue weighted by molar-refractivity contribution is 5.92. The molecule has 0 saturated heterocycles. The SMILES string of the molecule is COC(=O)c1cc(C)cc(-c2nc([C@H](C)Nc3ncnc(N)c3C#N)nn3ccc(C)c23)c1. The van der Waals surface area contributed by atoms with E-state index in [9.17, 15) is 10.1 Å². The highest BCUT2D eigenvalue weighted by Gasteiger charge is 2.20. The first-order valence-electron chi connectivity index (χ1n) is 10.2. The highest BCUT2D eigenvalue weighted by atomic mass is 16.5. The van der Waals surface area contributed by atoms with E-state index < -0.39 is 12.0 Å². The molecule has 3 aromatic heterocycles. The molecule has 0 radical (unpaired) electrons. The zero-order chi connectivity index (χ0) is 23.7. The summed E-state index contributed by atoms with van der Waals surface area (Å²) in [7, 11) is 1.35. The Morgan fingerprint density at radius 1 is 1.27 bits per heavy atom. The molecule has 3 heterocycles. The molecular formula is C23H22N8O2. The number of nitriles is 1. The van der Waals surface area contributed by atoms with Crippen LogP contribution in [0.5, 0.6) is 0 Å². The highest BCUT2D eigenvalue weighted by Crippen LogP contribution is 2.29. The molecule has 1 aromatic carbocycles. The molecule has 0 spiro atoms. The van der Waals surface area contributed by atoms with Crippen molar-refractivity contribution in [2.75, 3.05) is 18.2 Å². The van der Waals surface area contributed by atoms with Crippen molar-refractivity contribution in [3.63, 3.8) is 0 Å². The van der Waals surface area contributed by atoms with Crippen molar-refractivity contribution in [2.45, 2.75) is 26.8 Å². The third-order valence-corrected chi connectivity index (χ3v) is 5.23. The number of nitrogen functional groups attached to an aromatic ring is 1. The van der Waals surface area contributed by atoms with E-state index in [1.54, 1.807) is 16.6 Å². The van der Waals surface area contributed by atoms with Crippen molar-refractivity contribution in [2.24, 2.45) is 0 Å². The Morgan fingerprint density at radius 2 is 2.06 bits per heavy atom. The number of aryl methyl sites for hydroxylation is 2. The molecule has 0 saturated carbocycles. The third kappa shape index (κ3) is 4.04. The summed E-state index contributed by atoms with van der Waals surface area (Å²) in [5, 5.41) is 17.2. The molecule has 0 aliphatic carbocycles. The van der Waals surface area contributed by atoms with E-state index in [1.165, 1.54) is 13.4 Å². The Hall–Kier alpha value is -4.52. The number of ether oxygens (including phenoxy) is 1. The number of nitrogens with zero attached hydrogens (tertiary/aromatic N) is 6. The number of hydrogen-bond acceptors (Lipinski definition) is 9. The summed E-state index contributed by atoms with van der Waals surface area (Å²) < 4.78 is 6.66. The summed E-state index contributed by atoms with van der Waals surface area (Å²) in [5.74, 6) is 0.443. The second kappa shape index (κ2) is 8.55. The van der Waals surface area contributed by atoms with Crippen LogP contribution in [0.3, 0.4) is 0 Å². The van der Waals surface area contributed by atoms with E-state index in [-0.39, 0.29) is 11.4 Å². The molecular weight excluding hydrogens is 420 g/mol. The largest absolute Gasteiger partial charge is 0.465 e. The van der Waals surface area contributed by atoms with Gasteiger partial charge in [0.1, 0.15) is 29.6 Å². The van der Waals surface area contributed by atoms with Gasteiger partial charge in [-0.2, -0.15) is 10.4 Å². The number of carbonyl (C=O) groups is 1. The maximum atomic E-state index is 12.2. The molecule has 0 unspecified atom stereocenters.